The van der Waals surface area contributed by atoms with Crippen LogP contribution in [-0.2, 0) is 9.59 Å². The number of hydrogen-bond donors (Lipinski definition) is 2. The van der Waals surface area contributed by atoms with Gasteiger partial charge in [-0.1, -0.05) is 48.0 Å². The van der Waals surface area contributed by atoms with Crippen molar-refractivity contribution >= 4 is 17.5 Å². The molecule has 0 aromatic heterocycles. The minimum absolute atomic E-state index is 0.0213. The van der Waals surface area contributed by atoms with Crippen LogP contribution >= 0.6 is 0 Å². The number of hydrogen-bond acceptors (Lipinski definition) is 4. The van der Waals surface area contributed by atoms with Crippen molar-refractivity contribution in [3.8, 4) is 0 Å². The lowest BCUT2D eigenvalue weighted by atomic mass is 10.1. The quantitative estimate of drug-likeness (QED) is 0.757. The Bertz CT molecular complexity index is 799. The van der Waals surface area contributed by atoms with Crippen LogP contribution in [0.2, 0.25) is 0 Å². The highest BCUT2D eigenvalue weighted by molar-refractivity contribution is 5.92. The van der Waals surface area contributed by atoms with Crippen molar-refractivity contribution in [2.75, 3.05) is 44.6 Å². The van der Waals surface area contributed by atoms with Gasteiger partial charge in [0, 0.05) is 37.9 Å². The Morgan fingerprint density at radius 2 is 1.62 bits per heavy atom. The second kappa shape index (κ2) is 10.2. The van der Waals surface area contributed by atoms with Crippen molar-refractivity contribution in [1.82, 2.24) is 15.1 Å². The van der Waals surface area contributed by atoms with E-state index < -0.39 is 0 Å². The molecule has 1 fully saturated rings. The van der Waals surface area contributed by atoms with Crippen LogP contribution in [0.15, 0.2) is 54.6 Å². The van der Waals surface area contributed by atoms with E-state index >= 15 is 0 Å². The number of nitrogens with zero attached hydrogens (tertiary/aromatic N) is 2. The zero-order valence-corrected chi connectivity index (χ0v) is 17.2. The molecular formula is C23H30N4O2. The van der Waals surface area contributed by atoms with E-state index in [-0.39, 0.29) is 17.9 Å². The second-order valence-electron chi connectivity index (χ2n) is 7.58. The highest BCUT2D eigenvalue weighted by atomic mass is 16.2. The van der Waals surface area contributed by atoms with Crippen LogP contribution in [-0.4, -0.2) is 60.9 Å². The van der Waals surface area contributed by atoms with Gasteiger partial charge in [-0.25, -0.2) is 0 Å². The van der Waals surface area contributed by atoms with Crippen LogP contribution < -0.4 is 10.6 Å². The average molecular weight is 395 g/mol. The Kier molecular flexibility index (Phi) is 7.38. The van der Waals surface area contributed by atoms with Gasteiger partial charge in [0.15, 0.2) is 0 Å². The van der Waals surface area contributed by atoms with Gasteiger partial charge in [-0.2, -0.15) is 0 Å². The first-order valence-electron chi connectivity index (χ1n) is 10.2. The summed E-state index contributed by atoms with van der Waals surface area (Å²) in [5.74, 6) is 0.0866. The lowest BCUT2D eigenvalue weighted by molar-refractivity contribution is -0.132. The number of anilines is 1. The van der Waals surface area contributed by atoms with Gasteiger partial charge < -0.3 is 15.5 Å². The van der Waals surface area contributed by atoms with Crippen LogP contribution in [0.4, 0.5) is 5.69 Å². The normalized spacial score (nSPS) is 15.7. The molecule has 1 saturated heterocycles. The monoisotopic (exact) mass is 394 g/mol. The third kappa shape index (κ3) is 6.41. The SMILES string of the molecule is Cc1ccc(NC(=O)CN2CCN(C(=O)CN[C@H](C)c3ccccc3)CC2)cc1. The molecule has 1 aliphatic heterocycles. The summed E-state index contributed by atoms with van der Waals surface area (Å²) >= 11 is 0. The molecule has 1 heterocycles. The van der Waals surface area contributed by atoms with Crippen molar-refractivity contribution in [2.45, 2.75) is 19.9 Å². The summed E-state index contributed by atoms with van der Waals surface area (Å²) in [6.45, 7) is 7.47. The van der Waals surface area contributed by atoms with E-state index in [9.17, 15) is 9.59 Å². The van der Waals surface area contributed by atoms with Gasteiger partial charge in [0.25, 0.3) is 0 Å². The standard InChI is InChI=1S/C23H30N4O2/c1-18-8-10-21(11-9-18)25-22(28)17-26-12-14-27(15-13-26)23(29)16-24-19(2)20-6-4-3-5-7-20/h3-11,19,24H,12-17H2,1-2H3,(H,25,28)/t19-/m1/s1. The molecule has 2 aromatic carbocycles. The summed E-state index contributed by atoms with van der Waals surface area (Å²) in [5, 5.41) is 6.23. The molecule has 0 saturated carbocycles. The predicted octanol–water partition coefficient (Wildman–Crippen LogP) is 2.43. The number of rotatable bonds is 7. The smallest absolute Gasteiger partial charge is 0.238 e. The molecule has 0 unspecified atom stereocenters. The number of amides is 2. The third-order valence-corrected chi connectivity index (χ3v) is 5.29. The first kappa shape index (κ1) is 21.0. The fourth-order valence-corrected chi connectivity index (χ4v) is 3.41. The molecule has 0 spiro atoms. The van der Waals surface area contributed by atoms with E-state index in [2.05, 4.69) is 34.6 Å². The van der Waals surface area contributed by atoms with Gasteiger partial charge in [-0.15, -0.1) is 0 Å². The van der Waals surface area contributed by atoms with Gasteiger partial charge in [0.05, 0.1) is 13.1 Å². The lowest BCUT2D eigenvalue weighted by Gasteiger charge is -2.34. The largest absolute Gasteiger partial charge is 0.339 e. The summed E-state index contributed by atoms with van der Waals surface area (Å²) in [6.07, 6.45) is 0. The first-order chi connectivity index (χ1) is 14.0. The topological polar surface area (TPSA) is 64.7 Å². The third-order valence-electron chi connectivity index (χ3n) is 5.29. The predicted molar refractivity (Wildman–Crippen MR) is 116 cm³/mol. The van der Waals surface area contributed by atoms with Crippen LogP contribution in [0.5, 0.6) is 0 Å². The molecule has 0 aliphatic carbocycles. The van der Waals surface area contributed by atoms with Gasteiger partial charge >= 0.3 is 0 Å². The van der Waals surface area contributed by atoms with E-state index in [1.54, 1.807) is 0 Å². The van der Waals surface area contributed by atoms with Crippen LogP contribution in [0.25, 0.3) is 0 Å². The number of nitrogens with one attached hydrogen (secondary N) is 2. The molecule has 2 aromatic rings. The summed E-state index contributed by atoms with van der Waals surface area (Å²) in [5.41, 5.74) is 3.15. The number of aryl methyl sites for hydroxylation is 1. The average Bonchev–Trinajstić information content (AvgIpc) is 2.74. The maximum absolute atomic E-state index is 12.5. The molecule has 154 valence electrons. The Hall–Kier alpha value is -2.70. The van der Waals surface area contributed by atoms with Crippen molar-refractivity contribution in [2.24, 2.45) is 0 Å². The van der Waals surface area contributed by atoms with E-state index in [1.807, 2.05) is 54.3 Å². The molecule has 3 rings (SSSR count). The molecule has 2 amide bonds. The maximum atomic E-state index is 12.5. The highest BCUT2D eigenvalue weighted by Gasteiger charge is 2.22. The number of benzene rings is 2. The Morgan fingerprint density at radius 1 is 0.966 bits per heavy atom. The Balaban J connectivity index is 1.37. The van der Waals surface area contributed by atoms with Gasteiger partial charge in [-0.05, 0) is 31.5 Å². The number of carbonyl (C=O) groups excluding carboxylic acids is 2. The lowest BCUT2D eigenvalue weighted by Crippen LogP contribution is -2.52. The summed E-state index contributed by atoms with van der Waals surface area (Å²) in [6, 6.07) is 18.0. The molecule has 6 nitrogen and oxygen atoms in total. The molecule has 0 radical (unpaired) electrons. The first-order valence-corrected chi connectivity index (χ1v) is 10.2. The zero-order valence-electron chi connectivity index (χ0n) is 17.2. The number of piperazine rings is 1. The number of carbonyl (C=O) groups is 2. The maximum Gasteiger partial charge on any atom is 0.238 e. The van der Waals surface area contributed by atoms with E-state index in [0.717, 1.165) is 11.3 Å². The van der Waals surface area contributed by atoms with E-state index in [1.165, 1.54) is 5.56 Å². The van der Waals surface area contributed by atoms with Crippen molar-refractivity contribution < 1.29 is 9.59 Å². The van der Waals surface area contributed by atoms with Crippen LogP contribution in [0.1, 0.15) is 24.1 Å². The summed E-state index contributed by atoms with van der Waals surface area (Å²) in [7, 11) is 0. The molecule has 1 aliphatic rings. The minimum atomic E-state index is -0.0213. The van der Waals surface area contributed by atoms with Gasteiger partial charge in [0.1, 0.15) is 0 Å². The molecule has 6 heteroatoms. The van der Waals surface area contributed by atoms with Crippen molar-refractivity contribution in [3.63, 3.8) is 0 Å². The Labute approximate surface area is 172 Å². The molecule has 1 atom stereocenters. The summed E-state index contributed by atoms with van der Waals surface area (Å²) < 4.78 is 0. The van der Waals surface area contributed by atoms with E-state index in [4.69, 9.17) is 0 Å². The molecule has 0 bridgehead atoms. The van der Waals surface area contributed by atoms with Crippen molar-refractivity contribution in [1.29, 1.82) is 0 Å². The van der Waals surface area contributed by atoms with Crippen LogP contribution in [0.3, 0.4) is 0 Å². The zero-order chi connectivity index (χ0) is 20.6. The van der Waals surface area contributed by atoms with Gasteiger partial charge in [-0.3, -0.25) is 14.5 Å². The highest BCUT2D eigenvalue weighted by Crippen LogP contribution is 2.11. The van der Waals surface area contributed by atoms with E-state index in [0.29, 0.717) is 39.3 Å². The van der Waals surface area contributed by atoms with Crippen molar-refractivity contribution in [3.05, 3.63) is 65.7 Å². The Morgan fingerprint density at radius 3 is 2.28 bits per heavy atom. The van der Waals surface area contributed by atoms with Gasteiger partial charge in [0.2, 0.25) is 11.8 Å². The summed E-state index contributed by atoms with van der Waals surface area (Å²) in [4.78, 5) is 28.7. The molecule has 2 N–H and O–H groups in total. The second-order valence-corrected chi connectivity index (χ2v) is 7.58. The fraction of sp³-hybridized carbons (Fsp3) is 0.391. The minimum Gasteiger partial charge on any atom is -0.339 e. The van der Waals surface area contributed by atoms with Crippen LogP contribution in [0, 0.1) is 6.92 Å². The fourth-order valence-electron chi connectivity index (χ4n) is 3.41. The molecule has 29 heavy (non-hydrogen) atoms. The molecular weight excluding hydrogens is 364 g/mol.